The van der Waals surface area contributed by atoms with E-state index in [1.54, 1.807) is 43.3 Å². The first-order valence-electron chi connectivity index (χ1n) is 11.3. The average Bonchev–Trinajstić information content (AvgIpc) is 3.51. The van der Waals surface area contributed by atoms with Gasteiger partial charge in [-0.3, -0.25) is 9.59 Å². The molecule has 0 spiro atoms. The van der Waals surface area contributed by atoms with Crippen LogP contribution in [-0.4, -0.2) is 49.0 Å². The number of halogens is 2. The highest BCUT2D eigenvalue weighted by Crippen LogP contribution is 2.19. The maximum atomic E-state index is 13.4. The highest BCUT2D eigenvalue weighted by atomic mass is 35.5. The summed E-state index contributed by atoms with van der Waals surface area (Å²) in [6.07, 6.45) is 4.07. The molecule has 2 amide bonds. The van der Waals surface area contributed by atoms with Gasteiger partial charge in [-0.1, -0.05) is 36.6 Å². The molecule has 0 radical (unpaired) electrons. The van der Waals surface area contributed by atoms with E-state index in [0.717, 1.165) is 31.2 Å². The van der Waals surface area contributed by atoms with Crippen molar-refractivity contribution in [3.05, 3.63) is 64.9 Å². The smallest absolute Gasteiger partial charge is 0.247 e. The summed E-state index contributed by atoms with van der Waals surface area (Å²) in [5.74, 6) is -0.564. The molecule has 0 aliphatic heterocycles. The van der Waals surface area contributed by atoms with Gasteiger partial charge in [0.1, 0.15) is 18.4 Å². The topological polar surface area (TPSA) is 93.0 Å². The largest absolute Gasteiger partial charge is 0.352 e. The number of rotatable bonds is 8. The molecule has 1 aliphatic rings. The molecule has 4 rings (SSSR count). The number of benzene rings is 2. The van der Waals surface area contributed by atoms with Gasteiger partial charge in [0.25, 0.3) is 0 Å². The summed E-state index contributed by atoms with van der Waals surface area (Å²) >= 11 is 5.93. The van der Waals surface area contributed by atoms with Gasteiger partial charge in [-0.15, -0.1) is 10.2 Å². The molecule has 178 valence electrons. The number of hydrogen-bond donors (Lipinski definition) is 1. The first-order valence-corrected chi connectivity index (χ1v) is 11.6. The predicted octanol–water partition coefficient (Wildman–Crippen LogP) is 3.61. The molecule has 1 saturated carbocycles. The van der Waals surface area contributed by atoms with Crippen LogP contribution in [0.1, 0.15) is 38.2 Å². The number of aromatic nitrogens is 4. The normalized spacial score (nSPS) is 14.7. The Bertz CT molecular complexity index is 1130. The fourth-order valence-electron chi connectivity index (χ4n) is 4.00. The van der Waals surface area contributed by atoms with E-state index in [1.807, 2.05) is 0 Å². The van der Waals surface area contributed by atoms with Crippen LogP contribution >= 0.6 is 11.6 Å². The zero-order valence-electron chi connectivity index (χ0n) is 18.8. The van der Waals surface area contributed by atoms with Crippen molar-refractivity contribution in [3.8, 4) is 11.4 Å². The lowest BCUT2D eigenvalue weighted by Gasteiger charge is -2.29. The SMILES string of the molecule is C[C@H](C(=O)NC1CCCC1)N(Cc1ccc(F)cc1)C(=O)Cn1nnc(-c2ccc(Cl)cc2)n1. The second kappa shape index (κ2) is 10.7. The van der Waals surface area contributed by atoms with Gasteiger partial charge >= 0.3 is 0 Å². The lowest BCUT2D eigenvalue weighted by molar-refractivity contribution is -0.141. The van der Waals surface area contributed by atoms with E-state index in [2.05, 4.69) is 20.7 Å². The van der Waals surface area contributed by atoms with Gasteiger partial charge in [-0.05, 0) is 66.9 Å². The minimum atomic E-state index is -0.725. The monoisotopic (exact) mass is 484 g/mol. The Morgan fingerprint density at radius 2 is 1.82 bits per heavy atom. The molecule has 2 aromatic carbocycles. The molecule has 1 atom stereocenters. The van der Waals surface area contributed by atoms with Gasteiger partial charge in [0.2, 0.25) is 17.6 Å². The van der Waals surface area contributed by atoms with E-state index >= 15 is 0 Å². The van der Waals surface area contributed by atoms with Gasteiger partial charge < -0.3 is 10.2 Å². The van der Waals surface area contributed by atoms with Crippen molar-refractivity contribution in [1.82, 2.24) is 30.4 Å². The second-order valence-electron chi connectivity index (χ2n) is 8.46. The molecule has 0 unspecified atom stereocenters. The molecule has 10 heteroatoms. The summed E-state index contributed by atoms with van der Waals surface area (Å²) in [6, 6.07) is 12.2. The summed E-state index contributed by atoms with van der Waals surface area (Å²) in [6.45, 7) is 1.65. The Balaban J connectivity index is 1.50. The van der Waals surface area contributed by atoms with E-state index in [9.17, 15) is 14.0 Å². The predicted molar refractivity (Wildman–Crippen MR) is 125 cm³/mol. The van der Waals surface area contributed by atoms with Crippen LogP contribution in [0.4, 0.5) is 4.39 Å². The first kappa shape index (κ1) is 23.8. The van der Waals surface area contributed by atoms with Crippen LogP contribution in [0, 0.1) is 5.82 Å². The quantitative estimate of drug-likeness (QED) is 0.527. The Labute approximate surface area is 202 Å². The molecule has 34 heavy (non-hydrogen) atoms. The molecule has 1 N–H and O–H groups in total. The molecular weight excluding hydrogens is 459 g/mol. The second-order valence-corrected chi connectivity index (χ2v) is 8.90. The third-order valence-corrected chi connectivity index (χ3v) is 6.22. The van der Waals surface area contributed by atoms with E-state index in [4.69, 9.17) is 11.6 Å². The zero-order chi connectivity index (χ0) is 24.1. The lowest BCUT2D eigenvalue weighted by atomic mass is 10.1. The molecule has 3 aromatic rings. The molecule has 1 fully saturated rings. The Kier molecular flexibility index (Phi) is 7.52. The van der Waals surface area contributed by atoms with Gasteiger partial charge in [0.15, 0.2) is 0 Å². The van der Waals surface area contributed by atoms with E-state index < -0.39 is 6.04 Å². The number of tetrazole rings is 1. The van der Waals surface area contributed by atoms with Gasteiger partial charge in [-0.25, -0.2) is 4.39 Å². The summed E-state index contributed by atoms with van der Waals surface area (Å²) in [7, 11) is 0. The number of nitrogens with one attached hydrogen (secondary N) is 1. The van der Waals surface area contributed by atoms with Crippen molar-refractivity contribution in [1.29, 1.82) is 0 Å². The summed E-state index contributed by atoms with van der Waals surface area (Å²) in [5, 5.41) is 15.9. The number of amides is 2. The van der Waals surface area contributed by atoms with Crippen LogP contribution in [0.3, 0.4) is 0 Å². The standard InChI is InChI=1S/C24H26ClFN6O2/c1-16(24(34)27-21-4-2-3-5-21)31(14-17-6-12-20(26)13-7-17)22(33)15-32-29-23(28-30-32)18-8-10-19(25)11-9-18/h6-13,16,21H,2-5,14-15H2,1H3,(H,27,34)/t16-/m1/s1. The third kappa shape index (κ3) is 5.96. The van der Waals surface area contributed by atoms with Crippen LogP contribution in [0.2, 0.25) is 5.02 Å². The number of carbonyl (C=O) groups excluding carboxylic acids is 2. The maximum Gasteiger partial charge on any atom is 0.247 e. The summed E-state index contributed by atoms with van der Waals surface area (Å²) in [4.78, 5) is 28.9. The van der Waals surface area contributed by atoms with E-state index in [0.29, 0.717) is 16.4 Å². The molecule has 1 heterocycles. The summed E-state index contributed by atoms with van der Waals surface area (Å²) in [5.41, 5.74) is 1.43. The lowest BCUT2D eigenvalue weighted by Crippen LogP contribution is -2.50. The number of carbonyl (C=O) groups is 2. The van der Waals surface area contributed by atoms with Gasteiger partial charge in [0, 0.05) is 23.2 Å². The molecule has 8 nitrogen and oxygen atoms in total. The average molecular weight is 485 g/mol. The minimum absolute atomic E-state index is 0.136. The third-order valence-electron chi connectivity index (χ3n) is 5.97. The highest BCUT2D eigenvalue weighted by Gasteiger charge is 2.29. The van der Waals surface area contributed by atoms with E-state index in [-0.39, 0.29) is 36.8 Å². The minimum Gasteiger partial charge on any atom is -0.352 e. The van der Waals surface area contributed by atoms with E-state index in [1.165, 1.54) is 21.8 Å². The zero-order valence-corrected chi connectivity index (χ0v) is 19.6. The number of nitrogens with zero attached hydrogens (tertiary/aromatic N) is 5. The Morgan fingerprint density at radius 1 is 1.15 bits per heavy atom. The van der Waals surface area contributed by atoms with Crippen LogP contribution < -0.4 is 5.32 Å². The fourth-order valence-corrected chi connectivity index (χ4v) is 4.12. The number of hydrogen-bond acceptors (Lipinski definition) is 5. The van der Waals surface area contributed by atoms with Crippen LogP contribution in [0.25, 0.3) is 11.4 Å². The van der Waals surface area contributed by atoms with Crippen LogP contribution in [0.5, 0.6) is 0 Å². The Morgan fingerprint density at radius 3 is 2.50 bits per heavy atom. The molecular formula is C24H26ClFN6O2. The first-order chi connectivity index (χ1) is 16.4. The maximum absolute atomic E-state index is 13.4. The molecule has 0 bridgehead atoms. The highest BCUT2D eigenvalue weighted by molar-refractivity contribution is 6.30. The van der Waals surface area contributed by atoms with Crippen molar-refractivity contribution in [2.24, 2.45) is 0 Å². The van der Waals surface area contributed by atoms with Crippen molar-refractivity contribution >= 4 is 23.4 Å². The van der Waals surface area contributed by atoms with Crippen molar-refractivity contribution in [2.75, 3.05) is 0 Å². The van der Waals surface area contributed by atoms with Gasteiger partial charge in [0.05, 0.1) is 0 Å². The molecule has 0 saturated heterocycles. The Hall–Kier alpha value is -3.33. The summed E-state index contributed by atoms with van der Waals surface area (Å²) < 4.78 is 13.4. The fraction of sp³-hybridized carbons (Fsp3) is 0.375. The van der Waals surface area contributed by atoms with Crippen molar-refractivity contribution in [2.45, 2.75) is 57.8 Å². The molecule has 1 aromatic heterocycles. The van der Waals surface area contributed by atoms with Crippen LogP contribution in [-0.2, 0) is 22.7 Å². The molecule has 1 aliphatic carbocycles. The van der Waals surface area contributed by atoms with Crippen molar-refractivity contribution < 1.29 is 14.0 Å². The van der Waals surface area contributed by atoms with Crippen molar-refractivity contribution in [3.63, 3.8) is 0 Å². The van der Waals surface area contributed by atoms with Crippen LogP contribution in [0.15, 0.2) is 48.5 Å². The van der Waals surface area contributed by atoms with Gasteiger partial charge in [-0.2, -0.15) is 4.80 Å².